The van der Waals surface area contributed by atoms with Crippen molar-refractivity contribution in [1.29, 1.82) is 0 Å². The molecule has 0 aromatic heterocycles. The molecule has 2 heterocycles. The molecule has 1 N–H and O–H groups in total. The van der Waals surface area contributed by atoms with E-state index < -0.39 is 6.10 Å². The molecule has 2 aliphatic heterocycles. The number of hydrogen-bond donors (Lipinski definition) is 1. The highest BCUT2D eigenvalue weighted by Gasteiger charge is 2.42. The second-order valence-electron chi connectivity index (χ2n) is 6.63. The number of hydrogen-bond acceptors (Lipinski definition) is 5. The molecule has 0 spiro atoms. The first kappa shape index (κ1) is 14.1. The zero-order valence-electron chi connectivity index (χ0n) is 13.7. The molecule has 124 valence electrons. The number of aliphatic hydroxyl groups is 1. The van der Waals surface area contributed by atoms with Gasteiger partial charge in [-0.05, 0) is 53.9 Å². The lowest BCUT2D eigenvalue weighted by molar-refractivity contribution is 0.0542. The minimum Gasteiger partial charge on any atom is -0.497 e. The van der Waals surface area contributed by atoms with Gasteiger partial charge in [-0.15, -0.1) is 0 Å². The Labute approximate surface area is 140 Å². The van der Waals surface area contributed by atoms with Crippen molar-refractivity contribution < 1.29 is 19.3 Å². The van der Waals surface area contributed by atoms with Gasteiger partial charge in [-0.1, -0.05) is 6.07 Å². The standard InChI is InChI=1S/C19H19NO4/c1-20-6-5-10-7-14-19(24-9-23-14)16-12-4-3-11(22-2)8-13(12)18(21)17(20)15(10)16/h3-4,7-8,17-18,21H,5-6,9H2,1-2H3/t17-,18-/m0/s1. The van der Waals surface area contributed by atoms with Crippen LogP contribution in [0.3, 0.4) is 0 Å². The van der Waals surface area contributed by atoms with Gasteiger partial charge in [0.2, 0.25) is 6.79 Å². The molecule has 0 unspecified atom stereocenters. The minimum absolute atomic E-state index is 0.0714. The maximum atomic E-state index is 11.1. The van der Waals surface area contributed by atoms with Crippen molar-refractivity contribution in [3.05, 3.63) is 41.0 Å². The highest BCUT2D eigenvalue weighted by atomic mass is 16.7. The quantitative estimate of drug-likeness (QED) is 0.873. The summed E-state index contributed by atoms with van der Waals surface area (Å²) in [4.78, 5) is 2.22. The summed E-state index contributed by atoms with van der Waals surface area (Å²) < 4.78 is 16.8. The third-order valence-electron chi connectivity index (χ3n) is 5.44. The number of aliphatic hydroxyl groups excluding tert-OH is 1. The van der Waals surface area contributed by atoms with Gasteiger partial charge >= 0.3 is 0 Å². The van der Waals surface area contributed by atoms with E-state index in [1.54, 1.807) is 7.11 Å². The minimum atomic E-state index is -0.591. The van der Waals surface area contributed by atoms with Crippen LogP contribution in [0, 0.1) is 0 Å². The fourth-order valence-electron chi connectivity index (χ4n) is 4.29. The summed E-state index contributed by atoms with van der Waals surface area (Å²) in [6.45, 7) is 1.16. The number of methoxy groups -OCH3 is 1. The highest BCUT2D eigenvalue weighted by molar-refractivity contribution is 5.84. The number of ether oxygens (including phenoxy) is 3. The molecule has 0 fully saturated rings. The topological polar surface area (TPSA) is 51.2 Å². The molecule has 3 aliphatic rings. The number of benzene rings is 2. The number of nitrogens with zero attached hydrogens (tertiary/aromatic N) is 1. The van der Waals surface area contributed by atoms with Crippen molar-refractivity contribution in [3.63, 3.8) is 0 Å². The van der Waals surface area contributed by atoms with Crippen molar-refractivity contribution in [1.82, 2.24) is 4.90 Å². The Bertz CT molecular complexity index is 848. The first-order valence-corrected chi connectivity index (χ1v) is 8.21. The second-order valence-corrected chi connectivity index (χ2v) is 6.63. The molecule has 5 nitrogen and oxygen atoms in total. The summed E-state index contributed by atoms with van der Waals surface area (Å²) >= 11 is 0. The maximum Gasteiger partial charge on any atom is 0.231 e. The van der Waals surface area contributed by atoms with Crippen molar-refractivity contribution in [2.75, 3.05) is 27.5 Å². The summed E-state index contributed by atoms with van der Waals surface area (Å²) in [5, 5.41) is 11.1. The average Bonchev–Trinajstić information content (AvgIpc) is 3.07. The van der Waals surface area contributed by atoms with E-state index >= 15 is 0 Å². The molecule has 2 aromatic carbocycles. The Hall–Kier alpha value is -2.24. The zero-order chi connectivity index (χ0) is 16.4. The van der Waals surface area contributed by atoms with Crippen molar-refractivity contribution >= 4 is 0 Å². The summed E-state index contributed by atoms with van der Waals surface area (Å²) in [6, 6.07) is 7.89. The molecule has 0 saturated heterocycles. The fourth-order valence-corrected chi connectivity index (χ4v) is 4.29. The van der Waals surface area contributed by atoms with E-state index in [4.69, 9.17) is 14.2 Å². The van der Waals surface area contributed by atoms with Gasteiger partial charge in [-0.25, -0.2) is 0 Å². The predicted octanol–water partition coefficient (Wildman–Crippen LogP) is 2.67. The normalized spacial score (nSPS) is 23.6. The van der Waals surface area contributed by atoms with Crippen LogP contribution in [-0.2, 0) is 6.42 Å². The average molecular weight is 325 g/mol. The maximum absolute atomic E-state index is 11.1. The van der Waals surface area contributed by atoms with Crippen LogP contribution in [0.1, 0.15) is 28.8 Å². The Morgan fingerprint density at radius 1 is 1.25 bits per heavy atom. The van der Waals surface area contributed by atoms with Crippen LogP contribution >= 0.6 is 0 Å². The molecular formula is C19H19NO4. The van der Waals surface area contributed by atoms with E-state index in [0.29, 0.717) is 0 Å². The fraction of sp³-hybridized carbons (Fsp3) is 0.368. The van der Waals surface area contributed by atoms with Gasteiger partial charge in [0, 0.05) is 12.1 Å². The summed E-state index contributed by atoms with van der Waals surface area (Å²) in [6.07, 6.45) is 0.358. The molecule has 2 atom stereocenters. The molecule has 0 bridgehead atoms. The Kier molecular flexibility index (Phi) is 2.87. The van der Waals surface area contributed by atoms with Gasteiger partial charge in [0.25, 0.3) is 0 Å². The summed E-state index contributed by atoms with van der Waals surface area (Å²) in [7, 11) is 3.71. The van der Waals surface area contributed by atoms with Gasteiger partial charge in [0.05, 0.1) is 19.3 Å². The van der Waals surface area contributed by atoms with Crippen LogP contribution in [0.15, 0.2) is 24.3 Å². The number of fused-ring (bicyclic) bond motifs is 4. The summed E-state index contributed by atoms with van der Waals surface area (Å²) in [5.41, 5.74) is 5.39. The van der Waals surface area contributed by atoms with E-state index in [1.165, 1.54) is 11.1 Å². The van der Waals surface area contributed by atoms with Gasteiger partial charge in [0.1, 0.15) is 5.75 Å². The van der Waals surface area contributed by atoms with Crippen molar-refractivity contribution in [3.8, 4) is 28.4 Å². The second kappa shape index (κ2) is 4.88. The smallest absolute Gasteiger partial charge is 0.231 e. The Morgan fingerprint density at radius 2 is 2.12 bits per heavy atom. The molecule has 0 radical (unpaired) electrons. The van der Waals surface area contributed by atoms with Crippen LogP contribution in [0.4, 0.5) is 0 Å². The molecule has 1 aliphatic carbocycles. The molecule has 24 heavy (non-hydrogen) atoms. The molecular weight excluding hydrogens is 306 g/mol. The first-order chi connectivity index (χ1) is 11.7. The first-order valence-electron chi connectivity index (χ1n) is 8.21. The zero-order valence-corrected chi connectivity index (χ0v) is 13.7. The molecule has 5 heteroatoms. The lowest BCUT2D eigenvalue weighted by Gasteiger charge is -2.42. The van der Waals surface area contributed by atoms with Crippen LogP contribution < -0.4 is 14.2 Å². The molecule has 5 rings (SSSR count). The van der Waals surface area contributed by atoms with E-state index in [-0.39, 0.29) is 12.8 Å². The third-order valence-corrected chi connectivity index (χ3v) is 5.44. The lowest BCUT2D eigenvalue weighted by atomic mass is 9.75. The van der Waals surface area contributed by atoms with Crippen LogP contribution in [0.2, 0.25) is 0 Å². The monoisotopic (exact) mass is 325 g/mol. The van der Waals surface area contributed by atoms with Crippen LogP contribution in [0.5, 0.6) is 17.2 Å². The largest absolute Gasteiger partial charge is 0.497 e. The van der Waals surface area contributed by atoms with Gasteiger partial charge in [-0.2, -0.15) is 0 Å². The predicted molar refractivity (Wildman–Crippen MR) is 88.6 cm³/mol. The third kappa shape index (κ3) is 1.71. The Balaban J connectivity index is 1.86. The van der Waals surface area contributed by atoms with Crippen molar-refractivity contribution in [2.45, 2.75) is 18.6 Å². The highest BCUT2D eigenvalue weighted by Crippen LogP contribution is 2.56. The van der Waals surface area contributed by atoms with Gasteiger partial charge < -0.3 is 19.3 Å². The van der Waals surface area contributed by atoms with E-state index in [1.807, 2.05) is 18.2 Å². The summed E-state index contributed by atoms with van der Waals surface area (Å²) in [5.74, 6) is 2.36. The molecule has 2 aromatic rings. The Morgan fingerprint density at radius 3 is 2.96 bits per heavy atom. The van der Waals surface area contributed by atoms with E-state index in [9.17, 15) is 5.11 Å². The molecule has 0 amide bonds. The molecule has 0 saturated carbocycles. The van der Waals surface area contributed by atoms with Crippen molar-refractivity contribution in [2.24, 2.45) is 0 Å². The lowest BCUT2D eigenvalue weighted by Crippen LogP contribution is -2.38. The van der Waals surface area contributed by atoms with Crippen LogP contribution in [0.25, 0.3) is 11.1 Å². The van der Waals surface area contributed by atoms with Gasteiger partial charge in [-0.3, -0.25) is 4.90 Å². The van der Waals surface area contributed by atoms with E-state index in [0.717, 1.165) is 46.9 Å². The van der Waals surface area contributed by atoms with Gasteiger partial charge in [0.15, 0.2) is 11.5 Å². The number of rotatable bonds is 1. The SMILES string of the molecule is COc1ccc2c(c1)[C@H](O)[C@@H]1c3c(cc4c(c3-2)OCO4)CCN1C. The van der Waals surface area contributed by atoms with Crippen LogP contribution in [-0.4, -0.2) is 37.5 Å². The van der Waals surface area contributed by atoms with E-state index in [2.05, 4.69) is 18.0 Å². The number of likely N-dealkylation sites (N-methyl/N-ethyl adjacent to an activating group) is 1.